The summed E-state index contributed by atoms with van der Waals surface area (Å²) in [5, 5.41) is 11.6. The number of fused-ring (bicyclic) bond motifs is 1. The van der Waals surface area contributed by atoms with Crippen molar-refractivity contribution in [2.45, 2.75) is 46.8 Å². The van der Waals surface area contributed by atoms with Crippen molar-refractivity contribution in [3.8, 4) is 11.5 Å². The highest BCUT2D eigenvalue weighted by molar-refractivity contribution is 8.03. The van der Waals surface area contributed by atoms with Crippen LogP contribution in [-0.4, -0.2) is 40.8 Å². The van der Waals surface area contributed by atoms with Crippen LogP contribution in [0.4, 0.5) is 0 Å². The third-order valence-corrected chi connectivity index (χ3v) is 7.99. The number of nitrogens with one attached hydrogen (secondary N) is 1. The molecule has 1 fully saturated rings. The minimum Gasteiger partial charge on any atom is -0.486 e. The van der Waals surface area contributed by atoms with E-state index in [0.29, 0.717) is 19.0 Å². The SMILES string of the molecule is CCSc1nnc(SCC(=O)NC2(c3ccc4c(c3)OCCO4)CCCC2)s1. The van der Waals surface area contributed by atoms with Gasteiger partial charge in [-0.2, -0.15) is 0 Å². The van der Waals surface area contributed by atoms with Gasteiger partial charge >= 0.3 is 0 Å². The van der Waals surface area contributed by atoms with Crippen LogP contribution in [0.15, 0.2) is 26.9 Å². The van der Waals surface area contributed by atoms with E-state index in [0.717, 1.165) is 57.2 Å². The normalized spacial score (nSPS) is 17.5. The van der Waals surface area contributed by atoms with E-state index in [2.05, 4.69) is 28.5 Å². The maximum atomic E-state index is 12.7. The Hall–Kier alpha value is -1.45. The molecule has 2 aromatic rings. The summed E-state index contributed by atoms with van der Waals surface area (Å²) < 4.78 is 13.2. The Balaban J connectivity index is 1.43. The van der Waals surface area contributed by atoms with Crippen molar-refractivity contribution in [1.29, 1.82) is 0 Å². The second kappa shape index (κ2) is 8.92. The fourth-order valence-electron chi connectivity index (χ4n) is 3.67. The molecule has 0 unspecified atom stereocenters. The number of thioether (sulfide) groups is 2. The molecule has 9 heteroatoms. The average molecular weight is 438 g/mol. The Morgan fingerprint density at radius 2 is 1.86 bits per heavy atom. The summed E-state index contributed by atoms with van der Waals surface area (Å²) in [6.45, 7) is 3.23. The van der Waals surface area contributed by atoms with E-state index in [4.69, 9.17) is 9.47 Å². The van der Waals surface area contributed by atoms with Crippen molar-refractivity contribution in [3.63, 3.8) is 0 Å². The monoisotopic (exact) mass is 437 g/mol. The smallest absolute Gasteiger partial charge is 0.231 e. The van der Waals surface area contributed by atoms with Crippen molar-refractivity contribution in [2.24, 2.45) is 0 Å². The van der Waals surface area contributed by atoms with E-state index < -0.39 is 0 Å². The number of carbonyl (C=O) groups is 1. The molecular formula is C19H23N3O3S3. The molecular weight excluding hydrogens is 414 g/mol. The van der Waals surface area contributed by atoms with Gasteiger partial charge in [-0.25, -0.2) is 0 Å². The van der Waals surface area contributed by atoms with Gasteiger partial charge in [0.1, 0.15) is 13.2 Å². The lowest BCUT2D eigenvalue weighted by atomic mass is 9.87. The topological polar surface area (TPSA) is 73.3 Å². The summed E-state index contributed by atoms with van der Waals surface area (Å²) >= 11 is 4.67. The highest BCUT2D eigenvalue weighted by atomic mass is 32.2. The number of carbonyl (C=O) groups excluding carboxylic acids is 1. The van der Waals surface area contributed by atoms with Gasteiger partial charge in [-0.05, 0) is 36.3 Å². The van der Waals surface area contributed by atoms with Crippen LogP contribution >= 0.6 is 34.9 Å². The predicted octanol–water partition coefficient (Wildman–Crippen LogP) is 4.10. The Morgan fingerprint density at radius 3 is 2.61 bits per heavy atom. The predicted molar refractivity (Wildman–Crippen MR) is 113 cm³/mol. The lowest BCUT2D eigenvalue weighted by Gasteiger charge is -2.32. The van der Waals surface area contributed by atoms with Crippen LogP contribution in [0.3, 0.4) is 0 Å². The zero-order valence-electron chi connectivity index (χ0n) is 15.7. The standard InChI is InChI=1S/C19H23N3O3S3/c1-2-26-17-21-22-18(28-17)27-12-16(23)20-19(7-3-4-8-19)13-5-6-14-15(11-13)25-10-9-24-14/h5-6,11H,2-4,7-10,12H2,1H3,(H,20,23). The van der Waals surface area contributed by atoms with Crippen LogP contribution in [0, 0.1) is 0 Å². The molecule has 1 saturated carbocycles. The van der Waals surface area contributed by atoms with E-state index >= 15 is 0 Å². The Labute approximate surface area is 177 Å². The first-order chi connectivity index (χ1) is 13.7. The number of ether oxygens (including phenoxy) is 2. The summed E-state index contributed by atoms with van der Waals surface area (Å²) in [5.74, 6) is 2.90. The van der Waals surface area contributed by atoms with Crippen LogP contribution in [0.25, 0.3) is 0 Å². The first-order valence-corrected chi connectivity index (χ1v) is 12.3. The Morgan fingerprint density at radius 1 is 1.14 bits per heavy atom. The van der Waals surface area contributed by atoms with E-state index in [1.165, 1.54) is 11.8 Å². The summed E-state index contributed by atoms with van der Waals surface area (Å²) in [7, 11) is 0. The van der Waals surface area contributed by atoms with Crippen molar-refractivity contribution in [1.82, 2.24) is 15.5 Å². The zero-order valence-corrected chi connectivity index (χ0v) is 18.2. The molecule has 1 aromatic carbocycles. The van der Waals surface area contributed by atoms with Crippen LogP contribution < -0.4 is 14.8 Å². The van der Waals surface area contributed by atoms with Gasteiger partial charge in [-0.15, -0.1) is 10.2 Å². The molecule has 1 aliphatic carbocycles. The minimum atomic E-state index is -0.322. The fourth-order valence-corrected chi connectivity index (χ4v) is 6.39. The lowest BCUT2D eigenvalue weighted by molar-refractivity contribution is -0.120. The Bertz CT molecular complexity index is 837. The summed E-state index contributed by atoms with van der Waals surface area (Å²) in [6, 6.07) is 6.05. The molecule has 150 valence electrons. The molecule has 2 aliphatic rings. The largest absolute Gasteiger partial charge is 0.486 e. The molecule has 0 bridgehead atoms. The van der Waals surface area contributed by atoms with Crippen LogP contribution in [0.1, 0.15) is 38.2 Å². The number of hydrogen-bond acceptors (Lipinski definition) is 8. The molecule has 0 radical (unpaired) electrons. The van der Waals surface area contributed by atoms with Crippen LogP contribution in [-0.2, 0) is 10.3 Å². The van der Waals surface area contributed by atoms with Gasteiger partial charge in [0.15, 0.2) is 20.2 Å². The van der Waals surface area contributed by atoms with E-state index in [-0.39, 0.29) is 11.4 Å². The van der Waals surface area contributed by atoms with Crippen molar-refractivity contribution in [2.75, 3.05) is 24.7 Å². The molecule has 1 aromatic heterocycles. The average Bonchev–Trinajstić information content (AvgIpc) is 3.37. The second-order valence-corrected chi connectivity index (χ2v) is 10.5. The number of amides is 1. The van der Waals surface area contributed by atoms with E-state index in [1.54, 1.807) is 23.1 Å². The van der Waals surface area contributed by atoms with E-state index in [1.807, 2.05) is 12.1 Å². The molecule has 4 rings (SSSR count). The first-order valence-electron chi connectivity index (χ1n) is 9.49. The van der Waals surface area contributed by atoms with Crippen molar-refractivity contribution in [3.05, 3.63) is 23.8 Å². The molecule has 1 aliphatic heterocycles. The van der Waals surface area contributed by atoms with Gasteiger partial charge in [0.25, 0.3) is 0 Å². The van der Waals surface area contributed by atoms with Gasteiger partial charge in [-0.1, -0.05) is 60.7 Å². The zero-order chi connectivity index (χ0) is 19.4. The minimum absolute atomic E-state index is 0.0293. The van der Waals surface area contributed by atoms with E-state index in [9.17, 15) is 4.79 Å². The number of nitrogens with zero attached hydrogens (tertiary/aromatic N) is 2. The summed E-state index contributed by atoms with van der Waals surface area (Å²) in [4.78, 5) is 12.7. The Kier molecular flexibility index (Phi) is 6.32. The number of hydrogen-bond donors (Lipinski definition) is 1. The number of aromatic nitrogens is 2. The molecule has 2 heterocycles. The lowest BCUT2D eigenvalue weighted by Crippen LogP contribution is -2.44. The number of rotatable bonds is 7. The summed E-state index contributed by atoms with van der Waals surface area (Å²) in [6.07, 6.45) is 4.10. The molecule has 28 heavy (non-hydrogen) atoms. The van der Waals surface area contributed by atoms with Crippen molar-refractivity contribution >= 4 is 40.8 Å². The third-order valence-electron chi connectivity index (χ3n) is 4.91. The highest BCUT2D eigenvalue weighted by Gasteiger charge is 2.37. The first kappa shape index (κ1) is 19.8. The molecule has 1 N–H and O–H groups in total. The maximum Gasteiger partial charge on any atom is 0.231 e. The molecule has 0 spiro atoms. The summed E-state index contributed by atoms with van der Waals surface area (Å²) in [5.41, 5.74) is 0.780. The van der Waals surface area contributed by atoms with Gasteiger partial charge < -0.3 is 14.8 Å². The fraction of sp³-hybridized carbons (Fsp3) is 0.526. The van der Waals surface area contributed by atoms with Crippen LogP contribution in [0.5, 0.6) is 11.5 Å². The van der Waals surface area contributed by atoms with Crippen molar-refractivity contribution < 1.29 is 14.3 Å². The quantitative estimate of drug-likeness (QED) is 0.654. The maximum absolute atomic E-state index is 12.7. The van der Waals surface area contributed by atoms with Gasteiger partial charge in [0.05, 0.1) is 11.3 Å². The van der Waals surface area contributed by atoms with Crippen LogP contribution in [0.2, 0.25) is 0 Å². The molecule has 6 nitrogen and oxygen atoms in total. The van der Waals surface area contributed by atoms with Gasteiger partial charge in [0, 0.05) is 0 Å². The molecule has 0 saturated heterocycles. The molecule has 1 amide bonds. The molecule has 0 atom stereocenters. The highest BCUT2D eigenvalue weighted by Crippen LogP contribution is 2.42. The van der Waals surface area contributed by atoms with Gasteiger partial charge in [0.2, 0.25) is 5.91 Å². The second-order valence-electron chi connectivity index (χ2n) is 6.75. The third kappa shape index (κ3) is 4.41. The van der Waals surface area contributed by atoms with Gasteiger partial charge in [-0.3, -0.25) is 4.79 Å². The number of benzene rings is 1.